The van der Waals surface area contributed by atoms with Gasteiger partial charge in [0.1, 0.15) is 0 Å². The van der Waals surface area contributed by atoms with E-state index < -0.39 is 18.0 Å². The summed E-state index contributed by atoms with van der Waals surface area (Å²) in [5.41, 5.74) is 1.53. The molecule has 2 aromatic carbocycles. The third kappa shape index (κ3) is 4.51. The summed E-state index contributed by atoms with van der Waals surface area (Å²) in [6.45, 7) is 3.92. The number of ketones is 1. The second-order valence-electron chi connectivity index (χ2n) is 6.34. The van der Waals surface area contributed by atoms with Crippen molar-refractivity contribution in [3.05, 3.63) is 65.9 Å². The second-order valence-corrected chi connectivity index (χ2v) is 6.34. The van der Waals surface area contributed by atoms with Crippen LogP contribution in [0.5, 0.6) is 0 Å². The number of hydrogen-bond donors (Lipinski definition) is 0. The van der Waals surface area contributed by atoms with Crippen LogP contribution < -0.4 is 0 Å². The topological polar surface area (TPSA) is 87.5 Å². The summed E-state index contributed by atoms with van der Waals surface area (Å²) in [4.78, 5) is 37.3. The Hall–Kier alpha value is -3.48. The number of esters is 2. The van der Waals surface area contributed by atoms with E-state index in [1.165, 1.54) is 4.68 Å². The number of carbonyl (C=O) groups is 3. The van der Waals surface area contributed by atoms with Crippen molar-refractivity contribution in [2.75, 3.05) is 13.2 Å². The van der Waals surface area contributed by atoms with E-state index in [0.29, 0.717) is 22.0 Å². The Kier molecular flexibility index (Phi) is 6.39. The summed E-state index contributed by atoms with van der Waals surface area (Å²) in [5, 5.41) is 4.97. The minimum atomic E-state index is -0.909. The molecule has 1 atom stereocenters. The molecular weight excluding hydrogens is 372 g/mol. The van der Waals surface area contributed by atoms with E-state index in [0.717, 1.165) is 0 Å². The Bertz CT molecular complexity index is 1030. The van der Waals surface area contributed by atoms with Crippen molar-refractivity contribution in [1.82, 2.24) is 9.78 Å². The van der Waals surface area contributed by atoms with E-state index in [1.54, 1.807) is 62.5 Å². The lowest BCUT2D eigenvalue weighted by molar-refractivity contribution is -0.147. The lowest BCUT2D eigenvalue weighted by Gasteiger charge is -2.17. The summed E-state index contributed by atoms with van der Waals surface area (Å²) in [6.07, 6.45) is 1.47. The number of carbonyl (C=O) groups excluding carboxylic acids is 3. The number of benzene rings is 2. The van der Waals surface area contributed by atoms with Gasteiger partial charge in [0.25, 0.3) is 0 Å². The highest BCUT2D eigenvalue weighted by atomic mass is 16.5. The van der Waals surface area contributed by atoms with Crippen LogP contribution in [-0.4, -0.2) is 40.7 Å². The molecule has 1 heterocycles. The summed E-state index contributed by atoms with van der Waals surface area (Å²) < 4.78 is 11.7. The number of nitrogens with zero attached hydrogens (tertiary/aromatic N) is 2. The molecule has 7 nitrogen and oxygen atoms in total. The number of Topliss-reactive ketones (excluding diaryl/α,β-unsaturated/α-hetero) is 1. The monoisotopic (exact) mass is 394 g/mol. The molecule has 150 valence electrons. The fraction of sp³-hybridized carbons (Fsp3) is 0.273. The molecule has 3 rings (SSSR count). The van der Waals surface area contributed by atoms with Gasteiger partial charge in [-0.1, -0.05) is 30.3 Å². The van der Waals surface area contributed by atoms with E-state index >= 15 is 0 Å². The molecule has 29 heavy (non-hydrogen) atoms. The van der Waals surface area contributed by atoms with Gasteiger partial charge >= 0.3 is 11.9 Å². The van der Waals surface area contributed by atoms with Crippen molar-refractivity contribution in [1.29, 1.82) is 0 Å². The molecule has 0 amide bonds. The third-order valence-electron chi connectivity index (χ3n) is 4.44. The normalized spacial score (nSPS) is 11.8. The van der Waals surface area contributed by atoms with Crippen molar-refractivity contribution in [2.24, 2.45) is 0 Å². The maximum atomic E-state index is 12.7. The lowest BCUT2D eigenvalue weighted by Crippen LogP contribution is -2.25. The van der Waals surface area contributed by atoms with E-state index in [2.05, 4.69) is 5.10 Å². The van der Waals surface area contributed by atoms with Crippen LogP contribution in [0.4, 0.5) is 0 Å². The number of fused-ring (bicyclic) bond motifs is 1. The van der Waals surface area contributed by atoms with Gasteiger partial charge in [0, 0.05) is 17.4 Å². The Labute approximate surface area is 168 Å². The summed E-state index contributed by atoms with van der Waals surface area (Å²) in [5.74, 6) is -1.14. The largest absolute Gasteiger partial charge is 0.464 e. The molecule has 0 bridgehead atoms. The first-order valence-electron chi connectivity index (χ1n) is 9.44. The lowest BCUT2D eigenvalue weighted by atomic mass is 10.0. The molecule has 0 spiro atoms. The van der Waals surface area contributed by atoms with Gasteiger partial charge in [-0.3, -0.25) is 9.48 Å². The Morgan fingerprint density at radius 1 is 0.966 bits per heavy atom. The molecule has 0 fully saturated rings. The number of ether oxygens (including phenoxy) is 2. The van der Waals surface area contributed by atoms with Crippen LogP contribution in [0.15, 0.2) is 54.7 Å². The average molecular weight is 394 g/mol. The molecule has 1 unspecified atom stereocenters. The minimum absolute atomic E-state index is 0.0841. The van der Waals surface area contributed by atoms with E-state index in [4.69, 9.17) is 9.47 Å². The zero-order chi connectivity index (χ0) is 20.8. The zero-order valence-corrected chi connectivity index (χ0v) is 16.3. The maximum absolute atomic E-state index is 12.7. The molecular formula is C22H22N2O5. The van der Waals surface area contributed by atoms with Gasteiger partial charge in [0.05, 0.1) is 30.5 Å². The smallest absolute Gasteiger partial charge is 0.338 e. The molecule has 3 aromatic rings. The van der Waals surface area contributed by atoms with Gasteiger partial charge in [-0.25, -0.2) is 9.59 Å². The molecule has 0 aliphatic heterocycles. The third-order valence-corrected chi connectivity index (χ3v) is 4.44. The van der Waals surface area contributed by atoms with Crippen LogP contribution in [0.3, 0.4) is 0 Å². The summed E-state index contributed by atoms with van der Waals surface area (Å²) in [6, 6.07) is 12.8. The van der Waals surface area contributed by atoms with Gasteiger partial charge in [0.15, 0.2) is 11.8 Å². The average Bonchev–Trinajstić information content (AvgIpc) is 3.15. The van der Waals surface area contributed by atoms with E-state index in [1.807, 2.05) is 6.07 Å². The van der Waals surface area contributed by atoms with Crippen molar-refractivity contribution in [3.8, 4) is 0 Å². The predicted octanol–water partition coefficient (Wildman–Crippen LogP) is 3.59. The molecule has 0 saturated heterocycles. The number of hydrogen-bond acceptors (Lipinski definition) is 6. The molecule has 0 N–H and O–H groups in total. The fourth-order valence-corrected chi connectivity index (χ4v) is 3.07. The first-order chi connectivity index (χ1) is 14.0. The highest BCUT2D eigenvalue weighted by molar-refractivity contribution is 5.99. The molecule has 1 aromatic heterocycles. The predicted molar refractivity (Wildman–Crippen MR) is 107 cm³/mol. The quantitative estimate of drug-likeness (QED) is 0.429. The highest BCUT2D eigenvalue weighted by Gasteiger charge is 2.28. The first-order valence-corrected chi connectivity index (χ1v) is 9.44. The minimum Gasteiger partial charge on any atom is -0.464 e. The van der Waals surface area contributed by atoms with Crippen LogP contribution in [0, 0.1) is 0 Å². The zero-order valence-electron chi connectivity index (χ0n) is 16.3. The fourth-order valence-electron chi connectivity index (χ4n) is 3.07. The SMILES string of the molecule is CCOC(=O)c1ccc2c(cnn2C(CC(=O)c2ccccc2)C(=O)OCC)c1. The van der Waals surface area contributed by atoms with Crippen molar-refractivity contribution >= 4 is 28.6 Å². The number of rotatable bonds is 8. The Balaban J connectivity index is 1.95. The molecule has 0 aliphatic rings. The van der Waals surface area contributed by atoms with Gasteiger partial charge in [-0.2, -0.15) is 5.10 Å². The van der Waals surface area contributed by atoms with Gasteiger partial charge in [-0.05, 0) is 32.0 Å². The second kappa shape index (κ2) is 9.14. The van der Waals surface area contributed by atoms with Crippen molar-refractivity contribution in [2.45, 2.75) is 26.3 Å². The van der Waals surface area contributed by atoms with Crippen molar-refractivity contribution in [3.63, 3.8) is 0 Å². The van der Waals surface area contributed by atoms with Gasteiger partial charge < -0.3 is 9.47 Å². The van der Waals surface area contributed by atoms with Crippen LogP contribution >= 0.6 is 0 Å². The van der Waals surface area contributed by atoms with Crippen LogP contribution in [-0.2, 0) is 14.3 Å². The Morgan fingerprint density at radius 2 is 1.69 bits per heavy atom. The van der Waals surface area contributed by atoms with Crippen LogP contribution in [0.2, 0.25) is 0 Å². The first kappa shape index (κ1) is 20.3. The summed E-state index contributed by atoms with van der Waals surface area (Å²) >= 11 is 0. The molecule has 0 radical (unpaired) electrons. The molecule has 7 heteroatoms. The standard InChI is InChI=1S/C22H22N2O5/c1-3-28-21(26)16-10-11-18-17(12-16)14-23-24(18)19(22(27)29-4-2)13-20(25)15-8-6-5-7-9-15/h5-12,14,19H,3-4,13H2,1-2H3. The van der Waals surface area contributed by atoms with Crippen molar-refractivity contribution < 1.29 is 23.9 Å². The number of aromatic nitrogens is 2. The summed E-state index contributed by atoms with van der Waals surface area (Å²) in [7, 11) is 0. The van der Waals surface area contributed by atoms with E-state index in [9.17, 15) is 14.4 Å². The van der Waals surface area contributed by atoms with E-state index in [-0.39, 0.29) is 25.4 Å². The van der Waals surface area contributed by atoms with Crippen LogP contribution in [0.1, 0.15) is 47.0 Å². The molecule has 0 saturated carbocycles. The van der Waals surface area contributed by atoms with Gasteiger partial charge in [-0.15, -0.1) is 0 Å². The van der Waals surface area contributed by atoms with Crippen LogP contribution in [0.25, 0.3) is 10.9 Å². The van der Waals surface area contributed by atoms with Gasteiger partial charge in [0.2, 0.25) is 0 Å². The molecule has 0 aliphatic carbocycles. The highest BCUT2D eigenvalue weighted by Crippen LogP contribution is 2.24. The maximum Gasteiger partial charge on any atom is 0.338 e. The Morgan fingerprint density at radius 3 is 2.38 bits per heavy atom.